The quantitative estimate of drug-likeness (QED) is 0.645. The number of amides is 1. The van der Waals surface area contributed by atoms with Gasteiger partial charge in [0.05, 0.1) is 0 Å². The van der Waals surface area contributed by atoms with Crippen LogP contribution in [0.5, 0.6) is 0 Å². The number of benzene rings is 2. The van der Waals surface area contributed by atoms with Gasteiger partial charge in [-0.3, -0.25) is 14.5 Å². The largest absolute Gasteiger partial charge is 0.294 e. The molecule has 0 saturated heterocycles. The highest BCUT2D eigenvalue weighted by Gasteiger charge is 2.44. The van der Waals surface area contributed by atoms with Crippen molar-refractivity contribution < 1.29 is 9.59 Å². The van der Waals surface area contributed by atoms with Crippen molar-refractivity contribution in [3.8, 4) is 0 Å². The van der Waals surface area contributed by atoms with Gasteiger partial charge in [-0.1, -0.05) is 55.3 Å². The minimum atomic E-state index is -0.172. The van der Waals surface area contributed by atoms with Crippen molar-refractivity contribution in [2.24, 2.45) is 5.41 Å². The van der Waals surface area contributed by atoms with Crippen LogP contribution >= 0.6 is 11.6 Å². The van der Waals surface area contributed by atoms with E-state index in [0.29, 0.717) is 24.3 Å². The second-order valence-corrected chi connectivity index (χ2v) is 9.11. The molecule has 2 aromatic carbocycles. The van der Waals surface area contributed by atoms with Crippen LogP contribution in [0.2, 0.25) is 5.02 Å². The van der Waals surface area contributed by atoms with E-state index in [1.54, 1.807) is 17.0 Å². The lowest BCUT2D eigenvalue weighted by molar-refractivity contribution is -0.121. The molecule has 1 atom stereocenters. The SMILES string of the molecule is Cc1cccc(C2CC(=O)N(c3ccc(Cl)cc3)C3=C2C(=O)CC(C)(C)C3)c1. The molecule has 1 amide bonds. The van der Waals surface area contributed by atoms with E-state index < -0.39 is 0 Å². The van der Waals surface area contributed by atoms with E-state index in [1.807, 2.05) is 37.3 Å². The molecule has 0 radical (unpaired) electrons. The number of rotatable bonds is 2. The second-order valence-electron chi connectivity index (χ2n) is 8.68. The van der Waals surface area contributed by atoms with Gasteiger partial charge in [0.1, 0.15) is 0 Å². The first-order valence-corrected chi connectivity index (χ1v) is 10.0. The van der Waals surface area contributed by atoms with Gasteiger partial charge in [0.15, 0.2) is 5.78 Å². The van der Waals surface area contributed by atoms with E-state index in [1.165, 1.54) is 0 Å². The lowest BCUT2D eigenvalue weighted by Gasteiger charge is -2.43. The van der Waals surface area contributed by atoms with Gasteiger partial charge in [0.2, 0.25) is 5.91 Å². The Morgan fingerprint density at radius 3 is 2.43 bits per heavy atom. The fourth-order valence-corrected chi connectivity index (χ4v) is 4.60. The molecule has 0 fully saturated rings. The van der Waals surface area contributed by atoms with Gasteiger partial charge in [0, 0.05) is 40.7 Å². The third-order valence-electron chi connectivity index (χ3n) is 5.67. The molecule has 1 heterocycles. The highest BCUT2D eigenvalue weighted by atomic mass is 35.5. The zero-order valence-corrected chi connectivity index (χ0v) is 17.2. The Morgan fingerprint density at radius 2 is 1.75 bits per heavy atom. The number of allylic oxidation sites excluding steroid dienone is 2. The molecule has 0 N–H and O–H groups in total. The number of nitrogens with zero attached hydrogens (tertiary/aromatic N) is 1. The van der Waals surface area contributed by atoms with Crippen LogP contribution < -0.4 is 4.90 Å². The number of ketones is 1. The summed E-state index contributed by atoms with van der Waals surface area (Å²) in [4.78, 5) is 28.2. The smallest absolute Gasteiger partial charge is 0.232 e. The summed E-state index contributed by atoms with van der Waals surface area (Å²) in [5.41, 5.74) is 4.44. The van der Waals surface area contributed by atoms with Crippen LogP contribution in [-0.4, -0.2) is 11.7 Å². The molecular formula is C24H24ClNO2. The maximum atomic E-state index is 13.3. The van der Waals surface area contributed by atoms with Crippen LogP contribution in [0.4, 0.5) is 5.69 Å². The molecule has 1 unspecified atom stereocenters. The van der Waals surface area contributed by atoms with Gasteiger partial charge in [-0.05, 0) is 48.6 Å². The molecule has 2 aromatic rings. The van der Waals surface area contributed by atoms with Crippen LogP contribution in [0.25, 0.3) is 0 Å². The summed E-state index contributed by atoms with van der Waals surface area (Å²) >= 11 is 6.04. The number of aryl methyl sites for hydroxylation is 1. The zero-order valence-electron chi connectivity index (χ0n) is 16.5. The van der Waals surface area contributed by atoms with Gasteiger partial charge < -0.3 is 0 Å². The van der Waals surface area contributed by atoms with Crippen molar-refractivity contribution in [2.75, 3.05) is 4.90 Å². The van der Waals surface area contributed by atoms with Crippen molar-refractivity contribution >= 4 is 29.0 Å². The van der Waals surface area contributed by atoms with Crippen molar-refractivity contribution in [3.05, 3.63) is 76.0 Å². The van der Waals surface area contributed by atoms with E-state index in [2.05, 4.69) is 19.9 Å². The molecule has 1 aliphatic carbocycles. The topological polar surface area (TPSA) is 37.4 Å². The van der Waals surface area contributed by atoms with Crippen molar-refractivity contribution in [3.63, 3.8) is 0 Å². The first kappa shape index (κ1) is 18.9. The molecule has 4 heteroatoms. The van der Waals surface area contributed by atoms with Crippen molar-refractivity contribution in [1.29, 1.82) is 0 Å². The van der Waals surface area contributed by atoms with Crippen LogP contribution in [0.15, 0.2) is 59.8 Å². The van der Waals surface area contributed by atoms with Crippen LogP contribution in [0, 0.1) is 12.3 Å². The summed E-state index contributed by atoms with van der Waals surface area (Å²) in [6.07, 6.45) is 1.51. The summed E-state index contributed by atoms with van der Waals surface area (Å²) in [6, 6.07) is 15.4. The third kappa shape index (κ3) is 3.40. The first-order chi connectivity index (χ1) is 13.2. The van der Waals surface area contributed by atoms with Gasteiger partial charge >= 0.3 is 0 Å². The molecule has 1 aliphatic heterocycles. The highest BCUT2D eigenvalue weighted by Crippen LogP contribution is 2.48. The standard InChI is InChI=1S/C24H24ClNO2/c1-15-5-4-6-16(11-15)19-12-22(28)26(18-9-7-17(25)8-10-18)20-13-24(2,3)14-21(27)23(19)20/h4-11,19H,12-14H2,1-3H3. The van der Waals surface area contributed by atoms with E-state index in [9.17, 15) is 9.59 Å². The number of hydrogen-bond donors (Lipinski definition) is 0. The maximum absolute atomic E-state index is 13.3. The minimum Gasteiger partial charge on any atom is -0.294 e. The number of carbonyl (C=O) groups is 2. The number of halogens is 1. The molecule has 0 saturated carbocycles. The molecule has 0 bridgehead atoms. The van der Waals surface area contributed by atoms with Crippen LogP contribution in [-0.2, 0) is 9.59 Å². The lowest BCUT2D eigenvalue weighted by atomic mass is 9.69. The molecular weight excluding hydrogens is 370 g/mol. The average Bonchev–Trinajstić information content (AvgIpc) is 2.61. The summed E-state index contributed by atoms with van der Waals surface area (Å²) in [5.74, 6) is 0.0110. The zero-order chi connectivity index (χ0) is 20.1. The summed E-state index contributed by atoms with van der Waals surface area (Å²) < 4.78 is 0. The van der Waals surface area contributed by atoms with Crippen molar-refractivity contribution in [1.82, 2.24) is 0 Å². The molecule has 3 nitrogen and oxygen atoms in total. The lowest BCUT2D eigenvalue weighted by Crippen LogP contribution is -2.43. The Balaban J connectivity index is 1.89. The number of carbonyl (C=O) groups excluding carboxylic acids is 2. The fraction of sp³-hybridized carbons (Fsp3) is 0.333. The third-order valence-corrected chi connectivity index (χ3v) is 5.92. The predicted octanol–water partition coefficient (Wildman–Crippen LogP) is 5.81. The predicted molar refractivity (Wildman–Crippen MR) is 113 cm³/mol. The first-order valence-electron chi connectivity index (χ1n) is 9.66. The van der Waals surface area contributed by atoms with E-state index in [-0.39, 0.29) is 23.0 Å². The van der Waals surface area contributed by atoms with E-state index in [0.717, 1.165) is 28.1 Å². The molecule has 4 rings (SSSR count). The summed E-state index contributed by atoms with van der Waals surface area (Å²) in [6.45, 7) is 6.22. The normalized spacial score (nSPS) is 21.7. The maximum Gasteiger partial charge on any atom is 0.232 e. The fourth-order valence-electron chi connectivity index (χ4n) is 4.48. The molecule has 0 aromatic heterocycles. The monoisotopic (exact) mass is 393 g/mol. The van der Waals surface area contributed by atoms with Crippen molar-refractivity contribution in [2.45, 2.75) is 46.0 Å². The average molecular weight is 394 g/mol. The summed E-state index contributed by atoms with van der Waals surface area (Å²) in [7, 11) is 0. The number of hydrogen-bond acceptors (Lipinski definition) is 2. The molecule has 0 spiro atoms. The Hall–Kier alpha value is -2.39. The second kappa shape index (κ2) is 6.89. The summed E-state index contributed by atoms with van der Waals surface area (Å²) in [5, 5.41) is 0.625. The Morgan fingerprint density at radius 1 is 1.04 bits per heavy atom. The Bertz CT molecular complexity index is 988. The van der Waals surface area contributed by atoms with E-state index in [4.69, 9.17) is 11.6 Å². The molecule has 28 heavy (non-hydrogen) atoms. The molecule has 2 aliphatic rings. The highest BCUT2D eigenvalue weighted by molar-refractivity contribution is 6.30. The van der Waals surface area contributed by atoms with Gasteiger partial charge in [-0.15, -0.1) is 0 Å². The van der Waals surface area contributed by atoms with Gasteiger partial charge in [-0.2, -0.15) is 0 Å². The Kier molecular flexibility index (Phi) is 4.67. The molecule has 144 valence electrons. The van der Waals surface area contributed by atoms with E-state index >= 15 is 0 Å². The Labute approximate surface area is 171 Å². The van der Waals surface area contributed by atoms with Crippen LogP contribution in [0.3, 0.4) is 0 Å². The van der Waals surface area contributed by atoms with Gasteiger partial charge in [0.25, 0.3) is 0 Å². The minimum absolute atomic E-state index is 0.0260. The number of Topliss-reactive ketones (excluding diaryl/α,β-unsaturated/α-hetero) is 1. The number of anilines is 1. The van der Waals surface area contributed by atoms with Gasteiger partial charge in [-0.25, -0.2) is 0 Å². The van der Waals surface area contributed by atoms with Crippen LogP contribution in [0.1, 0.15) is 50.2 Å².